The van der Waals surface area contributed by atoms with E-state index in [9.17, 15) is 5.11 Å². The Balaban J connectivity index is 1.14. The molecule has 4 heteroatoms. The summed E-state index contributed by atoms with van der Waals surface area (Å²) in [5.41, 5.74) is 12.0. The highest BCUT2D eigenvalue weighted by Gasteiger charge is 2.28. The maximum atomic E-state index is 12.3. The summed E-state index contributed by atoms with van der Waals surface area (Å²) in [7, 11) is -1.53. The van der Waals surface area contributed by atoms with Crippen LogP contribution < -0.4 is 26.5 Å². The van der Waals surface area contributed by atoms with E-state index in [0.29, 0.717) is 0 Å². The predicted octanol–water partition coefficient (Wildman–Crippen LogP) is 13.0. The Morgan fingerprint density at radius 2 is 0.952 bits per heavy atom. The minimum Gasteiger partial charge on any atom is -0.507 e. The van der Waals surface area contributed by atoms with Gasteiger partial charge in [-0.2, -0.15) is 0 Å². The second-order valence-corrected chi connectivity index (χ2v) is 22.6. The van der Waals surface area contributed by atoms with Crippen LogP contribution in [0.1, 0.15) is 5.56 Å². The second kappa shape index (κ2) is 16.0. The Morgan fingerprint density at radius 1 is 0.419 bits per heavy atom. The molecule has 1 N–H and O–H groups in total. The molecule has 2 nitrogen and oxygen atoms in total. The number of nitrogens with zero attached hydrogens (tertiary/aromatic N) is 1. The van der Waals surface area contributed by atoms with Crippen LogP contribution in [0.3, 0.4) is 0 Å². The van der Waals surface area contributed by atoms with Crippen molar-refractivity contribution in [3.05, 3.63) is 218 Å². The average molecular weight is 814 g/mol. The van der Waals surface area contributed by atoms with Gasteiger partial charge in [-0.1, -0.05) is 223 Å². The van der Waals surface area contributed by atoms with Crippen LogP contribution in [0.4, 0.5) is 17.1 Å². The number of rotatable bonds is 9. The van der Waals surface area contributed by atoms with Crippen LogP contribution in [0.2, 0.25) is 19.6 Å². The lowest BCUT2D eigenvalue weighted by Crippen LogP contribution is -2.52. The lowest BCUT2D eigenvalue weighted by molar-refractivity contribution is 0.477. The molecule has 10 aromatic carbocycles. The van der Waals surface area contributed by atoms with Crippen molar-refractivity contribution in [2.75, 3.05) is 4.90 Å². The molecule has 0 aromatic heterocycles. The van der Waals surface area contributed by atoms with Gasteiger partial charge >= 0.3 is 0 Å². The maximum absolute atomic E-state index is 12.3. The van der Waals surface area contributed by atoms with Crippen LogP contribution in [-0.4, -0.2) is 19.9 Å². The first kappa shape index (κ1) is 39.0. The maximum Gasteiger partial charge on any atom is 0.243 e. The molecule has 0 amide bonds. The molecule has 0 heterocycles. The number of hydrogen-bond donors (Lipinski definition) is 1. The predicted molar refractivity (Wildman–Crippen MR) is 271 cm³/mol. The van der Waals surface area contributed by atoms with Gasteiger partial charge in [0, 0.05) is 28.6 Å². The van der Waals surface area contributed by atoms with E-state index in [-0.39, 0.29) is 12.5 Å². The van der Waals surface area contributed by atoms with Crippen molar-refractivity contribution >= 4 is 85.7 Å². The highest BCUT2D eigenvalue weighted by molar-refractivity contribution is 6.99. The fraction of sp³-hybridized carbons (Fsp3) is 0.0690. The van der Waals surface area contributed by atoms with E-state index in [1.54, 1.807) is 0 Å². The standard InChI is InChI=1S/C58H48BNOSi/c1-40-16-13-21-43(38-40)49-24-11-12-29-57(49)60(44-30-33-46(34-31-44)62(2,3)4)45-32-35-53(58(61)39-45)51-36-37-56(52-26-10-9-25-50(51)52)59(54-27-14-19-41-17-5-7-22-47(41)54)55-28-15-20-42-18-6-8-23-48(42)55/h5-39,61H,1-4H3. The van der Waals surface area contributed by atoms with Crippen LogP contribution in [0, 0.1) is 6.92 Å². The van der Waals surface area contributed by atoms with E-state index in [1.165, 1.54) is 48.7 Å². The van der Waals surface area contributed by atoms with Crippen LogP contribution in [0.15, 0.2) is 212 Å². The molecule has 0 atom stereocenters. The third kappa shape index (κ3) is 7.17. The summed E-state index contributed by atoms with van der Waals surface area (Å²) in [6.07, 6.45) is 0. The Labute approximate surface area is 366 Å². The molecule has 0 aliphatic rings. The Bertz CT molecular complexity index is 3190. The number of phenolic OH excluding ortho intramolecular Hbond substituents is 1. The number of aromatic hydroxyl groups is 1. The van der Waals surface area contributed by atoms with E-state index in [0.717, 1.165) is 50.1 Å². The van der Waals surface area contributed by atoms with Crippen LogP contribution in [-0.2, 0) is 0 Å². The Kier molecular flexibility index (Phi) is 10.1. The van der Waals surface area contributed by atoms with Gasteiger partial charge in [0.1, 0.15) is 5.75 Å². The molecule has 0 saturated carbocycles. The summed E-state index contributed by atoms with van der Waals surface area (Å²) in [4.78, 5) is 2.29. The zero-order valence-corrected chi connectivity index (χ0v) is 36.7. The molecular weight excluding hydrogens is 766 g/mol. The lowest BCUT2D eigenvalue weighted by atomic mass is 9.35. The third-order valence-electron chi connectivity index (χ3n) is 12.5. The van der Waals surface area contributed by atoms with Crippen LogP contribution in [0.25, 0.3) is 54.6 Å². The van der Waals surface area contributed by atoms with E-state index >= 15 is 0 Å². The van der Waals surface area contributed by atoms with E-state index in [1.807, 2.05) is 6.07 Å². The molecule has 10 rings (SSSR count). The first-order valence-electron chi connectivity index (χ1n) is 21.6. The minimum absolute atomic E-state index is 0.0449. The highest BCUT2D eigenvalue weighted by Crippen LogP contribution is 2.44. The number of phenols is 1. The van der Waals surface area contributed by atoms with Gasteiger partial charge in [-0.15, -0.1) is 0 Å². The van der Waals surface area contributed by atoms with Gasteiger partial charge in [-0.05, 0) is 80.7 Å². The summed E-state index contributed by atoms with van der Waals surface area (Å²) >= 11 is 0. The summed E-state index contributed by atoms with van der Waals surface area (Å²) in [5, 5.41) is 20.9. The number of hydrogen-bond acceptors (Lipinski definition) is 2. The van der Waals surface area contributed by atoms with Crippen molar-refractivity contribution in [3.63, 3.8) is 0 Å². The first-order chi connectivity index (χ1) is 30.2. The number of para-hydroxylation sites is 1. The summed E-state index contributed by atoms with van der Waals surface area (Å²) < 4.78 is 0. The average Bonchev–Trinajstić information content (AvgIpc) is 3.30. The van der Waals surface area contributed by atoms with Gasteiger partial charge in [-0.3, -0.25) is 0 Å². The molecule has 62 heavy (non-hydrogen) atoms. The van der Waals surface area contributed by atoms with Crippen molar-refractivity contribution < 1.29 is 5.11 Å². The van der Waals surface area contributed by atoms with Crippen LogP contribution in [0.5, 0.6) is 5.75 Å². The number of anilines is 3. The summed E-state index contributed by atoms with van der Waals surface area (Å²) in [6.45, 7) is 9.24. The topological polar surface area (TPSA) is 23.5 Å². The normalized spacial score (nSPS) is 11.6. The highest BCUT2D eigenvalue weighted by atomic mass is 28.3. The van der Waals surface area contributed by atoms with Gasteiger partial charge in [0.15, 0.2) is 0 Å². The van der Waals surface area contributed by atoms with Crippen molar-refractivity contribution in [1.29, 1.82) is 0 Å². The minimum atomic E-state index is -1.53. The molecule has 298 valence electrons. The molecule has 0 aliphatic carbocycles. The molecule has 0 spiro atoms. The molecule has 0 unspecified atom stereocenters. The smallest absolute Gasteiger partial charge is 0.243 e. The van der Waals surface area contributed by atoms with Gasteiger partial charge in [0.05, 0.1) is 13.8 Å². The molecule has 0 aliphatic heterocycles. The number of benzene rings is 10. The SMILES string of the molecule is Cc1cccc(-c2ccccc2N(c2ccc([Si](C)(C)C)cc2)c2ccc(-c3ccc(B(c4cccc5ccccc45)c4cccc5ccccc45)c4ccccc34)c(O)c2)c1. The molecule has 0 fully saturated rings. The fourth-order valence-corrected chi connectivity index (χ4v) is 10.6. The zero-order valence-electron chi connectivity index (χ0n) is 35.7. The molecule has 0 saturated heterocycles. The van der Waals surface area contributed by atoms with Crippen molar-refractivity contribution in [2.24, 2.45) is 0 Å². The van der Waals surface area contributed by atoms with Gasteiger partial charge < -0.3 is 10.0 Å². The second-order valence-electron chi connectivity index (χ2n) is 17.5. The fourth-order valence-electron chi connectivity index (χ4n) is 9.47. The van der Waals surface area contributed by atoms with E-state index in [2.05, 4.69) is 238 Å². The lowest BCUT2D eigenvalue weighted by Gasteiger charge is -2.29. The van der Waals surface area contributed by atoms with Crippen molar-refractivity contribution in [3.8, 4) is 28.0 Å². The zero-order chi connectivity index (χ0) is 42.4. The van der Waals surface area contributed by atoms with Gasteiger partial charge in [0.2, 0.25) is 6.71 Å². The van der Waals surface area contributed by atoms with Crippen LogP contribution >= 0.6 is 0 Å². The molecule has 0 radical (unpaired) electrons. The van der Waals surface area contributed by atoms with Gasteiger partial charge in [0.25, 0.3) is 0 Å². The third-order valence-corrected chi connectivity index (χ3v) is 14.6. The quantitative estimate of drug-likeness (QED) is 0.147. The van der Waals surface area contributed by atoms with Crippen molar-refractivity contribution in [2.45, 2.75) is 26.6 Å². The summed E-state index contributed by atoms with van der Waals surface area (Å²) in [5.74, 6) is 0.233. The monoisotopic (exact) mass is 813 g/mol. The molecule has 0 bridgehead atoms. The Hall–Kier alpha value is -7.14. The largest absolute Gasteiger partial charge is 0.507 e. The molecule has 10 aromatic rings. The molecular formula is C58H48BNOSi. The van der Waals surface area contributed by atoms with E-state index < -0.39 is 8.07 Å². The van der Waals surface area contributed by atoms with Crippen molar-refractivity contribution in [1.82, 2.24) is 0 Å². The number of fused-ring (bicyclic) bond motifs is 3. The first-order valence-corrected chi connectivity index (χ1v) is 25.1. The Morgan fingerprint density at radius 3 is 1.60 bits per heavy atom. The van der Waals surface area contributed by atoms with E-state index in [4.69, 9.17) is 0 Å². The van der Waals surface area contributed by atoms with Gasteiger partial charge in [-0.25, -0.2) is 0 Å². The summed E-state index contributed by atoms with van der Waals surface area (Å²) in [6, 6.07) is 76.5. The number of aryl methyl sites for hydroxylation is 1.